The molecule has 1 nitrogen and oxygen atoms in total. The van der Waals surface area contributed by atoms with Gasteiger partial charge in [0.15, 0.2) is 0 Å². The van der Waals surface area contributed by atoms with E-state index in [9.17, 15) is 9.65 Å². The molecule has 0 radical (unpaired) electrons. The summed E-state index contributed by atoms with van der Waals surface area (Å²) in [5.74, 6) is -0.241. The predicted octanol–water partition coefficient (Wildman–Crippen LogP) is 4.19. The van der Waals surface area contributed by atoms with Gasteiger partial charge in [-0.1, -0.05) is 44.9 Å². The Morgan fingerprint density at radius 1 is 1.24 bits per heavy atom. The molecule has 0 unspecified atom stereocenters. The summed E-state index contributed by atoms with van der Waals surface area (Å²) < 4.78 is 13.8. The van der Waals surface area contributed by atoms with Gasteiger partial charge in [-0.25, -0.2) is 4.39 Å². The minimum Gasteiger partial charge on any atom is -0.207 e. The summed E-state index contributed by atoms with van der Waals surface area (Å²) in [7, 11) is 0. The van der Waals surface area contributed by atoms with Crippen molar-refractivity contribution < 1.29 is 4.39 Å². The van der Waals surface area contributed by atoms with Crippen molar-refractivity contribution in [3.63, 3.8) is 0 Å². The Morgan fingerprint density at radius 3 is 2.29 bits per heavy atom. The largest absolute Gasteiger partial charge is 0.207 e. The van der Waals surface area contributed by atoms with Gasteiger partial charge >= 0.3 is 0 Å². The molecule has 17 heavy (non-hydrogen) atoms. The molecule has 2 rings (SSSR count). The molecule has 0 amide bonds. The molecule has 0 aromatic heterocycles. The molecule has 1 aliphatic rings. The maximum Gasteiger partial charge on any atom is 0.128 e. The summed E-state index contributed by atoms with van der Waals surface area (Å²) in [4.78, 5) is 0. The van der Waals surface area contributed by atoms with Crippen LogP contribution in [0.2, 0.25) is 0 Å². The molecule has 1 fully saturated rings. The lowest BCUT2D eigenvalue weighted by Crippen LogP contribution is -2.48. The quantitative estimate of drug-likeness (QED) is 0.765. The van der Waals surface area contributed by atoms with Gasteiger partial charge in [-0.2, -0.15) is 5.26 Å². The van der Waals surface area contributed by atoms with Gasteiger partial charge < -0.3 is 0 Å². The lowest BCUT2D eigenvalue weighted by atomic mass is 9.49. The number of benzene rings is 1. The number of nitrogens with zero attached hydrogens (tertiary/aromatic N) is 1. The summed E-state index contributed by atoms with van der Waals surface area (Å²) in [6, 6.07) is 9.05. The Bertz CT molecular complexity index is 446. The summed E-state index contributed by atoms with van der Waals surface area (Å²) in [6.45, 7) is 4.32. The minimum absolute atomic E-state index is 0.241. The first-order valence-electron chi connectivity index (χ1n) is 6.28. The molecule has 0 spiro atoms. The van der Waals surface area contributed by atoms with Crippen molar-refractivity contribution in [2.24, 2.45) is 5.41 Å². The van der Waals surface area contributed by atoms with Crippen LogP contribution >= 0.6 is 0 Å². The summed E-state index contributed by atoms with van der Waals surface area (Å²) in [6.07, 6.45) is 3.73. The highest BCUT2D eigenvalue weighted by atomic mass is 19.1. The maximum absolute atomic E-state index is 13.8. The second kappa shape index (κ2) is 4.14. The molecular formula is C15H18FN. The average Bonchev–Trinajstić information content (AvgIpc) is 2.32. The molecule has 1 saturated carbocycles. The molecule has 0 aliphatic heterocycles. The second-order valence-electron chi connectivity index (χ2n) is 5.23. The zero-order valence-electron chi connectivity index (χ0n) is 10.5. The van der Waals surface area contributed by atoms with Gasteiger partial charge in [0, 0.05) is 5.56 Å². The van der Waals surface area contributed by atoms with Crippen LogP contribution in [-0.2, 0) is 5.41 Å². The number of rotatable bonds is 3. The van der Waals surface area contributed by atoms with E-state index in [0.29, 0.717) is 5.56 Å². The Kier molecular flexibility index (Phi) is 2.95. The van der Waals surface area contributed by atoms with Gasteiger partial charge in [-0.3, -0.25) is 0 Å². The van der Waals surface area contributed by atoms with Crippen molar-refractivity contribution in [1.29, 1.82) is 5.26 Å². The SMILES string of the molecule is CCC1(CC)CC(C#N)(c2ccccc2F)C1. The Balaban J connectivity index is 2.33. The zero-order valence-corrected chi connectivity index (χ0v) is 10.5. The Hall–Kier alpha value is -1.36. The highest BCUT2D eigenvalue weighted by Gasteiger charge is 2.54. The van der Waals surface area contributed by atoms with Crippen LogP contribution in [0.3, 0.4) is 0 Å². The first-order valence-corrected chi connectivity index (χ1v) is 6.28. The van der Waals surface area contributed by atoms with Crippen LogP contribution < -0.4 is 0 Å². The van der Waals surface area contributed by atoms with E-state index in [-0.39, 0.29) is 11.2 Å². The van der Waals surface area contributed by atoms with Gasteiger partial charge in [-0.15, -0.1) is 0 Å². The standard InChI is InChI=1S/C15H18FN/c1-3-14(4-2)9-15(10-14,11-17)12-7-5-6-8-13(12)16/h5-8H,3-4,9-10H2,1-2H3. The van der Waals surface area contributed by atoms with Crippen molar-refractivity contribution in [1.82, 2.24) is 0 Å². The lowest BCUT2D eigenvalue weighted by molar-refractivity contribution is 0.0459. The highest BCUT2D eigenvalue weighted by Crippen LogP contribution is 2.59. The fourth-order valence-electron chi connectivity index (χ4n) is 3.16. The van der Waals surface area contributed by atoms with Crippen molar-refractivity contribution in [3.8, 4) is 6.07 Å². The minimum atomic E-state index is -0.586. The molecule has 0 N–H and O–H groups in total. The van der Waals surface area contributed by atoms with Crippen molar-refractivity contribution in [2.75, 3.05) is 0 Å². The molecule has 0 saturated heterocycles. The van der Waals surface area contributed by atoms with E-state index in [4.69, 9.17) is 0 Å². The van der Waals surface area contributed by atoms with Crippen LogP contribution in [0.4, 0.5) is 4.39 Å². The van der Waals surface area contributed by atoms with E-state index in [1.54, 1.807) is 12.1 Å². The van der Waals surface area contributed by atoms with Crippen molar-refractivity contribution in [3.05, 3.63) is 35.6 Å². The average molecular weight is 231 g/mol. The molecule has 0 bridgehead atoms. The van der Waals surface area contributed by atoms with E-state index in [0.717, 1.165) is 25.7 Å². The van der Waals surface area contributed by atoms with Gasteiger partial charge in [0.2, 0.25) is 0 Å². The Labute approximate surface area is 102 Å². The molecule has 0 atom stereocenters. The summed E-state index contributed by atoms with van der Waals surface area (Å²) in [5, 5.41) is 9.42. The predicted molar refractivity (Wildman–Crippen MR) is 65.9 cm³/mol. The lowest BCUT2D eigenvalue weighted by Gasteiger charge is -2.52. The van der Waals surface area contributed by atoms with Gasteiger partial charge in [0.05, 0.1) is 11.5 Å². The topological polar surface area (TPSA) is 23.8 Å². The number of nitriles is 1. The van der Waals surface area contributed by atoms with Crippen LogP contribution in [0.1, 0.15) is 45.1 Å². The van der Waals surface area contributed by atoms with Gasteiger partial charge in [-0.05, 0) is 24.3 Å². The van der Waals surface area contributed by atoms with Crippen LogP contribution in [0.15, 0.2) is 24.3 Å². The summed E-state index contributed by atoms with van der Waals surface area (Å²) in [5.41, 5.74) is 0.245. The van der Waals surface area contributed by atoms with E-state index < -0.39 is 5.41 Å². The molecular weight excluding hydrogens is 213 g/mol. The monoisotopic (exact) mass is 231 g/mol. The fraction of sp³-hybridized carbons (Fsp3) is 0.533. The van der Waals surface area contributed by atoms with Crippen LogP contribution in [-0.4, -0.2) is 0 Å². The maximum atomic E-state index is 13.8. The normalized spacial score (nSPS) is 20.4. The highest BCUT2D eigenvalue weighted by molar-refractivity contribution is 5.38. The van der Waals surface area contributed by atoms with Crippen LogP contribution in [0, 0.1) is 22.6 Å². The molecule has 0 heterocycles. The Morgan fingerprint density at radius 2 is 1.82 bits per heavy atom. The first-order chi connectivity index (χ1) is 8.11. The second-order valence-corrected chi connectivity index (χ2v) is 5.23. The van der Waals surface area contributed by atoms with E-state index in [2.05, 4.69) is 19.9 Å². The van der Waals surface area contributed by atoms with E-state index >= 15 is 0 Å². The van der Waals surface area contributed by atoms with Crippen molar-refractivity contribution >= 4 is 0 Å². The number of hydrogen-bond acceptors (Lipinski definition) is 1. The number of halogens is 1. The third kappa shape index (κ3) is 1.74. The molecule has 90 valence electrons. The van der Waals surface area contributed by atoms with Crippen LogP contribution in [0.25, 0.3) is 0 Å². The van der Waals surface area contributed by atoms with Gasteiger partial charge in [0.25, 0.3) is 0 Å². The smallest absolute Gasteiger partial charge is 0.128 e. The van der Waals surface area contributed by atoms with E-state index in [1.165, 1.54) is 6.07 Å². The molecule has 1 aliphatic carbocycles. The van der Waals surface area contributed by atoms with Crippen LogP contribution in [0.5, 0.6) is 0 Å². The van der Waals surface area contributed by atoms with Crippen molar-refractivity contribution in [2.45, 2.75) is 44.9 Å². The molecule has 1 aromatic rings. The fourth-order valence-corrected chi connectivity index (χ4v) is 3.16. The molecule has 1 aromatic carbocycles. The third-order valence-corrected chi connectivity index (χ3v) is 4.46. The summed E-state index contributed by atoms with van der Waals surface area (Å²) >= 11 is 0. The first kappa shape index (κ1) is 12.1. The zero-order chi connectivity index (χ0) is 12.5. The molecule has 2 heteroatoms. The van der Waals surface area contributed by atoms with Gasteiger partial charge in [0.1, 0.15) is 5.82 Å². The van der Waals surface area contributed by atoms with E-state index in [1.807, 2.05) is 6.07 Å². The third-order valence-electron chi connectivity index (χ3n) is 4.46. The number of hydrogen-bond donors (Lipinski definition) is 0.